The van der Waals surface area contributed by atoms with Crippen LogP contribution in [-0.2, 0) is 9.59 Å². The Balaban J connectivity index is 1.31. The zero-order chi connectivity index (χ0) is 19.5. The van der Waals surface area contributed by atoms with Crippen molar-refractivity contribution in [1.82, 2.24) is 14.8 Å². The Morgan fingerprint density at radius 3 is 2.68 bits per heavy atom. The lowest BCUT2D eigenvalue weighted by Crippen LogP contribution is -2.52. The molecular weight excluding hydrogens is 374 g/mol. The quantitative estimate of drug-likeness (QED) is 0.822. The van der Waals surface area contributed by atoms with Gasteiger partial charge in [0, 0.05) is 45.7 Å². The Morgan fingerprint density at radius 2 is 1.93 bits per heavy atom. The van der Waals surface area contributed by atoms with E-state index in [4.69, 9.17) is 10.7 Å². The van der Waals surface area contributed by atoms with Crippen LogP contribution in [0.4, 0.5) is 5.13 Å². The lowest BCUT2D eigenvalue weighted by Gasteiger charge is -2.39. The first-order chi connectivity index (χ1) is 13.6. The summed E-state index contributed by atoms with van der Waals surface area (Å²) < 4.78 is 1.20. The lowest BCUT2D eigenvalue weighted by molar-refractivity contribution is -0.137. The molecule has 2 saturated heterocycles. The van der Waals surface area contributed by atoms with Crippen LogP contribution in [0.2, 0.25) is 0 Å². The van der Waals surface area contributed by atoms with Crippen molar-refractivity contribution < 1.29 is 9.59 Å². The van der Waals surface area contributed by atoms with Crippen molar-refractivity contribution in [1.29, 1.82) is 0 Å². The van der Waals surface area contributed by atoms with E-state index < -0.39 is 0 Å². The number of carbonyl (C=O) groups is 2. The molecule has 1 aromatic carbocycles. The zero-order valence-electron chi connectivity index (χ0n) is 16.0. The third-order valence-electron chi connectivity index (χ3n) is 5.67. The molecule has 7 nitrogen and oxygen atoms in total. The van der Waals surface area contributed by atoms with Crippen LogP contribution in [0.15, 0.2) is 24.3 Å². The van der Waals surface area contributed by atoms with Gasteiger partial charge in [0.1, 0.15) is 0 Å². The van der Waals surface area contributed by atoms with Gasteiger partial charge < -0.3 is 20.4 Å². The van der Waals surface area contributed by atoms with Crippen LogP contribution in [0.5, 0.6) is 0 Å². The predicted molar refractivity (Wildman–Crippen MR) is 111 cm³/mol. The number of piperidine rings is 1. The second kappa shape index (κ2) is 8.45. The van der Waals surface area contributed by atoms with E-state index in [-0.39, 0.29) is 17.7 Å². The molecule has 150 valence electrons. The first-order valence-corrected chi connectivity index (χ1v) is 10.8. The summed E-state index contributed by atoms with van der Waals surface area (Å²) in [5.41, 5.74) is 6.30. The number of rotatable bonds is 5. The summed E-state index contributed by atoms with van der Waals surface area (Å²) in [7, 11) is 0. The second-order valence-corrected chi connectivity index (χ2v) is 8.64. The van der Waals surface area contributed by atoms with Crippen LogP contribution in [-0.4, -0.2) is 72.4 Å². The van der Waals surface area contributed by atoms with Crippen LogP contribution >= 0.6 is 11.3 Å². The molecule has 3 heterocycles. The Bertz CT molecular complexity index is 813. The normalized spacial score (nSPS) is 21.2. The highest BCUT2D eigenvalue weighted by molar-refractivity contribution is 7.22. The Kier molecular flexibility index (Phi) is 5.77. The van der Waals surface area contributed by atoms with Crippen molar-refractivity contribution in [2.24, 2.45) is 11.7 Å². The number of primary amides is 1. The van der Waals surface area contributed by atoms with Crippen molar-refractivity contribution in [3.8, 4) is 0 Å². The summed E-state index contributed by atoms with van der Waals surface area (Å²) in [6.45, 7) is 5.48. The number of piperazine rings is 1. The minimum absolute atomic E-state index is 0.0376. The standard InChI is InChI=1S/C20H27N5O2S/c21-18(26)7-9-23-8-3-4-15(14-23)19(27)24-10-12-25(13-11-24)20-22-16-5-1-2-6-17(16)28-20/h1-2,5-6,15H,3-4,7-14H2,(H2,21,26)/t15-/m1/s1. The highest BCUT2D eigenvalue weighted by Crippen LogP contribution is 2.29. The molecule has 1 aromatic heterocycles. The van der Waals surface area contributed by atoms with Crippen molar-refractivity contribution in [3.63, 3.8) is 0 Å². The van der Waals surface area contributed by atoms with Crippen LogP contribution < -0.4 is 10.6 Å². The molecule has 28 heavy (non-hydrogen) atoms. The number of anilines is 1. The van der Waals surface area contributed by atoms with E-state index in [0.717, 1.165) is 62.8 Å². The van der Waals surface area contributed by atoms with E-state index in [0.29, 0.717) is 13.0 Å². The lowest BCUT2D eigenvalue weighted by atomic mass is 9.96. The number of thiazole rings is 1. The maximum atomic E-state index is 13.0. The number of para-hydroxylation sites is 1. The van der Waals surface area contributed by atoms with Gasteiger partial charge in [-0.3, -0.25) is 9.59 Å². The molecule has 0 aliphatic carbocycles. The molecule has 2 N–H and O–H groups in total. The van der Waals surface area contributed by atoms with Crippen LogP contribution in [0.3, 0.4) is 0 Å². The highest BCUT2D eigenvalue weighted by Gasteiger charge is 2.31. The SMILES string of the molecule is NC(=O)CCN1CCC[C@@H](C(=O)N2CCN(c3nc4ccccc4s3)CC2)C1. The van der Waals surface area contributed by atoms with Crippen molar-refractivity contribution in [2.45, 2.75) is 19.3 Å². The summed E-state index contributed by atoms with van der Waals surface area (Å²) in [5, 5.41) is 1.04. The minimum atomic E-state index is -0.278. The second-order valence-electron chi connectivity index (χ2n) is 7.63. The largest absolute Gasteiger partial charge is 0.370 e. The fourth-order valence-electron chi connectivity index (χ4n) is 4.10. The molecule has 0 spiro atoms. The maximum Gasteiger partial charge on any atom is 0.227 e. The van der Waals surface area contributed by atoms with E-state index in [9.17, 15) is 9.59 Å². The number of carbonyl (C=O) groups excluding carboxylic acids is 2. The molecule has 2 aromatic rings. The highest BCUT2D eigenvalue weighted by atomic mass is 32.1. The summed E-state index contributed by atoms with van der Waals surface area (Å²) >= 11 is 1.72. The number of hydrogen-bond acceptors (Lipinski definition) is 6. The van der Waals surface area contributed by atoms with Crippen molar-refractivity contribution in [3.05, 3.63) is 24.3 Å². The smallest absolute Gasteiger partial charge is 0.227 e. The number of aromatic nitrogens is 1. The van der Waals surface area contributed by atoms with Gasteiger partial charge in [-0.2, -0.15) is 0 Å². The molecule has 0 bridgehead atoms. The van der Waals surface area contributed by atoms with Crippen LogP contribution in [0, 0.1) is 5.92 Å². The Hall–Kier alpha value is -2.19. The van der Waals surface area contributed by atoms with Gasteiger partial charge in [0.05, 0.1) is 16.1 Å². The van der Waals surface area contributed by atoms with Crippen molar-refractivity contribution in [2.75, 3.05) is 50.7 Å². The van der Waals surface area contributed by atoms with Gasteiger partial charge in [-0.1, -0.05) is 23.5 Å². The molecule has 0 radical (unpaired) electrons. The summed E-state index contributed by atoms with van der Waals surface area (Å²) in [6.07, 6.45) is 2.30. The van der Waals surface area contributed by atoms with Gasteiger partial charge in [-0.15, -0.1) is 0 Å². The van der Waals surface area contributed by atoms with E-state index in [1.807, 2.05) is 23.1 Å². The third-order valence-corrected chi connectivity index (χ3v) is 6.77. The fourth-order valence-corrected chi connectivity index (χ4v) is 5.12. The summed E-state index contributed by atoms with van der Waals surface area (Å²) in [4.78, 5) is 35.3. The molecule has 4 rings (SSSR count). The first-order valence-electron chi connectivity index (χ1n) is 10.00. The molecule has 2 aliphatic heterocycles. The molecule has 2 fully saturated rings. The topological polar surface area (TPSA) is 82.8 Å². The molecule has 0 saturated carbocycles. The van der Waals surface area contributed by atoms with Crippen LogP contribution in [0.25, 0.3) is 10.2 Å². The monoisotopic (exact) mass is 401 g/mol. The molecule has 8 heteroatoms. The molecular formula is C20H27N5O2S. The van der Waals surface area contributed by atoms with Crippen LogP contribution in [0.1, 0.15) is 19.3 Å². The van der Waals surface area contributed by atoms with E-state index in [1.54, 1.807) is 11.3 Å². The van der Waals surface area contributed by atoms with Gasteiger partial charge >= 0.3 is 0 Å². The van der Waals surface area contributed by atoms with E-state index >= 15 is 0 Å². The molecule has 2 amide bonds. The minimum Gasteiger partial charge on any atom is -0.370 e. The third kappa shape index (κ3) is 4.28. The van der Waals surface area contributed by atoms with Crippen molar-refractivity contribution >= 4 is 38.5 Å². The number of fused-ring (bicyclic) bond motifs is 1. The average molecular weight is 402 g/mol. The number of likely N-dealkylation sites (tertiary alicyclic amines) is 1. The van der Waals surface area contributed by atoms with Gasteiger partial charge in [0.25, 0.3) is 0 Å². The number of hydrogen-bond donors (Lipinski definition) is 1. The van der Waals surface area contributed by atoms with Gasteiger partial charge in [0.15, 0.2) is 5.13 Å². The van der Waals surface area contributed by atoms with E-state index in [1.165, 1.54) is 4.70 Å². The average Bonchev–Trinajstić information content (AvgIpc) is 3.16. The molecule has 1 atom stereocenters. The number of benzene rings is 1. The number of nitrogens with two attached hydrogens (primary N) is 1. The van der Waals surface area contributed by atoms with Gasteiger partial charge in [-0.05, 0) is 31.5 Å². The number of nitrogens with zero attached hydrogens (tertiary/aromatic N) is 4. The summed E-state index contributed by atoms with van der Waals surface area (Å²) in [5.74, 6) is 0.0165. The summed E-state index contributed by atoms with van der Waals surface area (Å²) in [6, 6.07) is 8.20. The van der Waals surface area contributed by atoms with Gasteiger partial charge in [-0.25, -0.2) is 4.98 Å². The Labute approximate surface area is 169 Å². The zero-order valence-corrected chi connectivity index (χ0v) is 16.9. The predicted octanol–water partition coefficient (Wildman–Crippen LogP) is 1.53. The van der Waals surface area contributed by atoms with Gasteiger partial charge in [0.2, 0.25) is 11.8 Å². The number of amides is 2. The molecule has 0 unspecified atom stereocenters. The molecule has 2 aliphatic rings. The first kappa shape index (κ1) is 19.1. The Morgan fingerprint density at radius 1 is 1.14 bits per heavy atom. The van der Waals surface area contributed by atoms with E-state index in [2.05, 4.69) is 15.9 Å². The fraction of sp³-hybridized carbons (Fsp3) is 0.550. The maximum absolute atomic E-state index is 13.0.